The lowest BCUT2D eigenvalue weighted by Gasteiger charge is -2.11. The minimum atomic E-state index is -0.442. The number of rotatable bonds is 8. The van der Waals surface area contributed by atoms with E-state index in [1.807, 2.05) is 24.3 Å². The number of ketones is 1. The Labute approximate surface area is 168 Å². The molecule has 0 aromatic heterocycles. The largest absolute Gasteiger partial charge is 0.493 e. The summed E-state index contributed by atoms with van der Waals surface area (Å²) in [6.07, 6.45) is 3.24. The molecule has 3 aromatic carbocycles. The summed E-state index contributed by atoms with van der Waals surface area (Å²) in [5.74, 6) is 0.988. The van der Waals surface area contributed by atoms with Gasteiger partial charge in [-0.25, -0.2) is 0 Å². The standard InChI is InChI=1S/C23H19NO5/c1-28-23-15-17(9-13-21(25)19-5-3-2-4-6-19)10-14-22(23)29-16-18-7-11-20(12-8-18)24(26)27/h2-15H,16H2,1H3/b13-9+. The number of non-ortho nitro benzene ring substituents is 1. The first-order chi connectivity index (χ1) is 14.1. The lowest BCUT2D eigenvalue weighted by molar-refractivity contribution is -0.384. The van der Waals surface area contributed by atoms with Crippen LogP contribution in [0.3, 0.4) is 0 Å². The number of hydrogen-bond donors (Lipinski definition) is 0. The fourth-order valence-electron chi connectivity index (χ4n) is 2.65. The van der Waals surface area contributed by atoms with Gasteiger partial charge in [-0.15, -0.1) is 0 Å². The van der Waals surface area contributed by atoms with E-state index in [1.165, 1.54) is 25.3 Å². The molecule has 6 heteroatoms. The zero-order chi connectivity index (χ0) is 20.6. The zero-order valence-electron chi connectivity index (χ0n) is 15.8. The molecule has 0 fully saturated rings. The van der Waals surface area contributed by atoms with Crippen molar-refractivity contribution >= 4 is 17.5 Å². The number of carbonyl (C=O) groups excluding carboxylic acids is 1. The number of nitrogens with zero attached hydrogens (tertiary/aromatic N) is 1. The normalized spacial score (nSPS) is 10.7. The summed E-state index contributed by atoms with van der Waals surface area (Å²) in [6, 6.07) is 20.6. The third kappa shape index (κ3) is 5.29. The summed E-state index contributed by atoms with van der Waals surface area (Å²) in [4.78, 5) is 22.5. The highest BCUT2D eigenvalue weighted by Crippen LogP contribution is 2.29. The number of carbonyl (C=O) groups is 1. The molecule has 0 saturated heterocycles. The summed E-state index contributed by atoms with van der Waals surface area (Å²) in [5.41, 5.74) is 2.26. The van der Waals surface area contributed by atoms with Gasteiger partial charge in [0.1, 0.15) is 6.61 Å². The van der Waals surface area contributed by atoms with E-state index in [0.717, 1.165) is 11.1 Å². The molecule has 0 radical (unpaired) electrons. The number of allylic oxidation sites excluding steroid dienone is 1. The van der Waals surface area contributed by atoms with Gasteiger partial charge in [0.05, 0.1) is 12.0 Å². The maximum Gasteiger partial charge on any atom is 0.269 e. The second-order valence-electron chi connectivity index (χ2n) is 6.19. The van der Waals surface area contributed by atoms with Crippen molar-refractivity contribution in [3.05, 3.63) is 106 Å². The Morgan fingerprint density at radius 3 is 2.38 bits per heavy atom. The third-order valence-electron chi connectivity index (χ3n) is 4.21. The molecular formula is C23H19NO5. The molecule has 3 rings (SSSR count). The van der Waals surface area contributed by atoms with Crippen LogP contribution in [-0.4, -0.2) is 17.8 Å². The van der Waals surface area contributed by atoms with Crippen LogP contribution in [0.15, 0.2) is 78.9 Å². The van der Waals surface area contributed by atoms with E-state index in [1.54, 1.807) is 42.5 Å². The van der Waals surface area contributed by atoms with Crippen molar-refractivity contribution in [3.8, 4) is 11.5 Å². The Balaban J connectivity index is 1.67. The molecule has 0 atom stereocenters. The highest BCUT2D eigenvalue weighted by atomic mass is 16.6. The molecule has 3 aromatic rings. The third-order valence-corrected chi connectivity index (χ3v) is 4.21. The van der Waals surface area contributed by atoms with Crippen LogP contribution in [-0.2, 0) is 6.61 Å². The Bertz CT molecular complexity index is 1030. The van der Waals surface area contributed by atoms with Crippen molar-refractivity contribution in [3.63, 3.8) is 0 Å². The number of hydrogen-bond acceptors (Lipinski definition) is 5. The molecule has 0 aliphatic heterocycles. The average Bonchev–Trinajstić information content (AvgIpc) is 2.77. The molecule has 0 amide bonds. The van der Waals surface area contributed by atoms with E-state index >= 15 is 0 Å². The van der Waals surface area contributed by atoms with Crippen LogP contribution in [0.25, 0.3) is 6.08 Å². The Morgan fingerprint density at radius 2 is 1.72 bits per heavy atom. The molecule has 0 spiro atoms. The Morgan fingerprint density at radius 1 is 1.00 bits per heavy atom. The number of nitro groups is 1. The van der Waals surface area contributed by atoms with E-state index < -0.39 is 4.92 Å². The summed E-state index contributed by atoms with van der Waals surface area (Å²) < 4.78 is 11.2. The molecule has 29 heavy (non-hydrogen) atoms. The quantitative estimate of drug-likeness (QED) is 0.232. The Kier molecular flexibility index (Phi) is 6.37. The SMILES string of the molecule is COc1cc(/C=C/C(=O)c2ccccc2)ccc1OCc1ccc([N+](=O)[O-])cc1. The van der Waals surface area contributed by atoms with Crippen molar-refractivity contribution < 1.29 is 19.2 Å². The van der Waals surface area contributed by atoms with Crippen LogP contribution < -0.4 is 9.47 Å². The van der Waals surface area contributed by atoms with Gasteiger partial charge in [0.25, 0.3) is 5.69 Å². The van der Waals surface area contributed by atoms with Gasteiger partial charge < -0.3 is 9.47 Å². The van der Waals surface area contributed by atoms with Crippen molar-refractivity contribution in [1.29, 1.82) is 0 Å². The van der Waals surface area contributed by atoms with E-state index in [2.05, 4.69) is 0 Å². The Hall–Kier alpha value is -3.93. The van der Waals surface area contributed by atoms with Crippen LogP contribution in [0.1, 0.15) is 21.5 Å². The highest BCUT2D eigenvalue weighted by Gasteiger charge is 2.08. The molecule has 0 unspecified atom stereocenters. The van der Waals surface area contributed by atoms with Gasteiger partial charge in [-0.3, -0.25) is 14.9 Å². The monoisotopic (exact) mass is 389 g/mol. The van der Waals surface area contributed by atoms with Crippen LogP contribution in [0.5, 0.6) is 11.5 Å². The van der Waals surface area contributed by atoms with Crippen LogP contribution >= 0.6 is 0 Å². The summed E-state index contributed by atoms with van der Waals surface area (Å²) in [6.45, 7) is 0.246. The lowest BCUT2D eigenvalue weighted by Crippen LogP contribution is -1.98. The molecular weight excluding hydrogens is 370 g/mol. The zero-order valence-corrected chi connectivity index (χ0v) is 15.8. The van der Waals surface area contributed by atoms with E-state index in [-0.39, 0.29) is 18.1 Å². The first-order valence-electron chi connectivity index (χ1n) is 8.88. The first-order valence-corrected chi connectivity index (χ1v) is 8.88. The van der Waals surface area contributed by atoms with Crippen molar-refractivity contribution in [2.75, 3.05) is 7.11 Å². The predicted molar refractivity (Wildman–Crippen MR) is 110 cm³/mol. The topological polar surface area (TPSA) is 78.7 Å². The summed E-state index contributed by atoms with van der Waals surface area (Å²) in [5, 5.41) is 10.7. The summed E-state index contributed by atoms with van der Waals surface area (Å²) in [7, 11) is 1.54. The minimum absolute atomic E-state index is 0.0347. The molecule has 0 bridgehead atoms. The second-order valence-corrected chi connectivity index (χ2v) is 6.19. The second kappa shape index (κ2) is 9.32. The highest BCUT2D eigenvalue weighted by molar-refractivity contribution is 6.06. The fraction of sp³-hybridized carbons (Fsp3) is 0.0870. The van der Waals surface area contributed by atoms with Gasteiger partial charge in [0.15, 0.2) is 17.3 Å². The molecule has 0 saturated carbocycles. The van der Waals surface area contributed by atoms with Gasteiger partial charge in [-0.2, -0.15) is 0 Å². The van der Waals surface area contributed by atoms with Crippen molar-refractivity contribution in [2.24, 2.45) is 0 Å². The number of nitro benzene ring substituents is 1. The predicted octanol–water partition coefficient (Wildman–Crippen LogP) is 5.08. The molecule has 6 nitrogen and oxygen atoms in total. The molecule has 146 valence electrons. The fourth-order valence-corrected chi connectivity index (χ4v) is 2.65. The van der Waals surface area contributed by atoms with Crippen LogP contribution in [0.2, 0.25) is 0 Å². The van der Waals surface area contributed by atoms with Gasteiger partial charge in [0.2, 0.25) is 0 Å². The van der Waals surface area contributed by atoms with E-state index in [4.69, 9.17) is 9.47 Å². The van der Waals surface area contributed by atoms with Gasteiger partial charge in [0, 0.05) is 17.7 Å². The van der Waals surface area contributed by atoms with Crippen molar-refractivity contribution in [2.45, 2.75) is 6.61 Å². The van der Waals surface area contributed by atoms with E-state index in [9.17, 15) is 14.9 Å². The number of ether oxygens (including phenoxy) is 2. The molecule has 0 aliphatic carbocycles. The number of benzene rings is 3. The van der Waals surface area contributed by atoms with Gasteiger partial charge in [-0.1, -0.05) is 42.5 Å². The molecule has 0 N–H and O–H groups in total. The summed E-state index contributed by atoms with van der Waals surface area (Å²) >= 11 is 0. The average molecular weight is 389 g/mol. The maximum atomic E-state index is 12.2. The molecule has 0 aliphatic rings. The van der Waals surface area contributed by atoms with Gasteiger partial charge >= 0.3 is 0 Å². The van der Waals surface area contributed by atoms with E-state index in [0.29, 0.717) is 17.1 Å². The minimum Gasteiger partial charge on any atom is -0.493 e. The lowest BCUT2D eigenvalue weighted by atomic mass is 10.1. The maximum absolute atomic E-state index is 12.2. The van der Waals surface area contributed by atoms with Crippen molar-refractivity contribution in [1.82, 2.24) is 0 Å². The first kappa shape index (κ1) is 19.8. The molecule has 0 heterocycles. The van der Waals surface area contributed by atoms with Gasteiger partial charge in [-0.05, 0) is 41.5 Å². The number of methoxy groups -OCH3 is 1. The van der Waals surface area contributed by atoms with Crippen LogP contribution in [0, 0.1) is 10.1 Å². The van der Waals surface area contributed by atoms with Crippen LogP contribution in [0.4, 0.5) is 5.69 Å². The smallest absolute Gasteiger partial charge is 0.269 e.